The quantitative estimate of drug-likeness (QED) is 0.743. The molecule has 0 radical (unpaired) electrons. The number of anilines is 1. The predicted molar refractivity (Wildman–Crippen MR) is 103 cm³/mol. The number of ether oxygens (including phenoxy) is 2. The number of aryl methyl sites for hydroxylation is 2. The number of aromatic nitrogens is 2. The van der Waals surface area contributed by atoms with E-state index in [4.69, 9.17) is 9.47 Å². The van der Waals surface area contributed by atoms with E-state index < -0.39 is 0 Å². The third kappa shape index (κ3) is 3.53. The molecule has 2 aromatic carbocycles. The second-order valence-electron chi connectivity index (χ2n) is 6.52. The Morgan fingerprint density at radius 3 is 3.04 bits per heavy atom. The highest BCUT2D eigenvalue weighted by Crippen LogP contribution is 2.27. The molecule has 2 heterocycles. The zero-order valence-electron chi connectivity index (χ0n) is 15.4. The van der Waals surface area contributed by atoms with Crippen molar-refractivity contribution in [3.05, 3.63) is 47.8 Å². The largest absolute Gasteiger partial charge is 0.497 e. The number of nitrogens with one attached hydrogen (secondary N) is 2. The number of carbonyl (C=O) groups excluding carboxylic acids is 1. The van der Waals surface area contributed by atoms with Gasteiger partial charge in [-0.05, 0) is 48.7 Å². The number of urea groups is 1. The van der Waals surface area contributed by atoms with Crippen molar-refractivity contribution in [2.45, 2.75) is 19.4 Å². The van der Waals surface area contributed by atoms with Crippen molar-refractivity contribution in [3.63, 3.8) is 0 Å². The minimum absolute atomic E-state index is 0.267. The van der Waals surface area contributed by atoms with Gasteiger partial charge in [0.1, 0.15) is 17.3 Å². The highest BCUT2D eigenvalue weighted by atomic mass is 16.5. The Morgan fingerprint density at radius 1 is 1.30 bits per heavy atom. The molecule has 0 unspecified atom stereocenters. The fourth-order valence-electron chi connectivity index (χ4n) is 3.29. The van der Waals surface area contributed by atoms with Gasteiger partial charge in [0.15, 0.2) is 0 Å². The van der Waals surface area contributed by atoms with E-state index in [0.717, 1.165) is 59.1 Å². The van der Waals surface area contributed by atoms with Crippen molar-refractivity contribution >= 4 is 22.8 Å². The fourth-order valence-corrected chi connectivity index (χ4v) is 3.29. The molecule has 0 aliphatic carbocycles. The molecule has 0 spiro atoms. The molecule has 2 amide bonds. The number of carbonyl (C=O) groups is 1. The molecule has 4 rings (SSSR count). The lowest BCUT2D eigenvalue weighted by molar-refractivity contribution is 0.251. The maximum atomic E-state index is 12.3. The first-order valence-electron chi connectivity index (χ1n) is 8.94. The van der Waals surface area contributed by atoms with Gasteiger partial charge in [0.2, 0.25) is 0 Å². The van der Waals surface area contributed by atoms with Crippen LogP contribution in [0.2, 0.25) is 0 Å². The van der Waals surface area contributed by atoms with Crippen LogP contribution in [0.15, 0.2) is 36.4 Å². The number of hydrogen-bond acceptors (Lipinski definition) is 4. The van der Waals surface area contributed by atoms with Gasteiger partial charge in [0.25, 0.3) is 0 Å². The van der Waals surface area contributed by atoms with Crippen LogP contribution in [-0.2, 0) is 20.0 Å². The molecular formula is C20H22N4O3. The fraction of sp³-hybridized carbons (Fsp3) is 0.300. The van der Waals surface area contributed by atoms with Crippen LogP contribution in [-0.4, -0.2) is 29.3 Å². The molecule has 0 fully saturated rings. The third-order valence-corrected chi connectivity index (χ3v) is 4.75. The lowest BCUT2D eigenvalue weighted by Crippen LogP contribution is -2.29. The average Bonchev–Trinajstić information content (AvgIpc) is 3.01. The van der Waals surface area contributed by atoms with E-state index in [1.807, 2.05) is 48.0 Å². The second kappa shape index (κ2) is 7.19. The number of imidazole rings is 1. The molecule has 0 bridgehead atoms. The minimum Gasteiger partial charge on any atom is -0.497 e. The van der Waals surface area contributed by atoms with Crippen LogP contribution in [0.4, 0.5) is 10.5 Å². The molecule has 0 atom stereocenters. The summed E-state index contributed by atoms with van der Waals surface area (Å²) in [6.45, 7) is 1.08. The number of amides is 2. The number of methoxy groups -OCH3 is 1. The summed E-state index contributed by atoms with van der Waals surface area (Å²) < 4.78 is 12.8. The first-order valence-corrected chi connectivity index (χ1v) is 8.94. The lowest BCUT2D eigenvalue weighted by atomic mass is 10.1. The second-order valence-corrected chi connectivity index (χ2v) is 6.52. The number of nitrogens with zero attached hydrogens (tertiary/aromatic N) is 2. The van der Waals surface area contributed by atoms with Crippen molar-refractivity contribution in [1.82, 2.24) is 14.9 Å². The average molecular weight is 366 g/mol. The summed E-state index contributed by atoms with van der Waals surface area (Å²) in [6, 6.07) is 11.2. The first kappa shape index (κ1) is 17.2. The van der Waals surface area contributed by atoms with Gasteiger partial charge in [-0.25, -0.2) is 9.78 Å². The Balaban J connectivity index is 1.42. The number of fused-ring (bicyclic) bond motifs is 2. The molecule has 3 aromatic rings. The summed E-state index contributed by atoms with van der Waals surface area (Å²) >= 11 is 0. The highest BCUT2D eigenvalue weighted by Gasteiger charge is 2.13. The van der Waals surface area contributed by atoms with E-state index in [1.54, 1.807) is 7.11 Å². The predicted octanol–water partition coefficient (Wildman–Crippen LogP) is 3.23. The normalized spacial score (nSPS) is 13.0. The third-order valence-electron chi connectivity index (χ3n) is 4.75. The van der Waals surface area contributed by atoms with Crippen LogP contribution >= 0.6 is 0 Å². The molecule has 1 aliphatic heterocycles. The zero-order valence-corrected chi connectivity index (χ0v) is 15.4. The van der Waals surface area contributed by atoms with Crippen molar-refractivity contribution in [1.29, 1.82) is 0 Å². The van der Waals surface area contributed by atoms with Gasteiger partial charge in [-0.3, -0.25) is 0 Å². The Morgan fingerprint density at radius 2 is 2.19 bits per heavy atom. The Kier molecular flexibility index (Phi) is 4.58. The van der Waals surface area contributed by atoms with Crippen LogP contribution in [0.5, 0.6) is 11.5 Å². The van der Waals surface area contributed by atoms with Crippen LogP contribution < -0.4 is 20.1 Å². The van der Waals surface area contributed by atoms with Gasteiger partial charge in [-0.15, -0.1) is 0 Å². The molecule has 2 N–H and O–H groups in total. The topological polar surface area (TPSA) is 77.4 Å². The lowest BCUT2D eigenvalue weighted by Gasteiger charge is -2.18. The number of benzene rings is 2. The van der Waals surface area contributed by atoms with Crippen LogP contribution in [0.3, 0.4) is 0 Å². The maximum Gasteiger partial charge on any atom is 0.319 e. The van der Waals surface area contributed by atoms with E-state index in [1.165, 1.54) is 0 Å². The summed E-state index contributed by atoms with van der Waals surface area (Å²) in [5.74, 6) is 2.43. The Hall–Kier alpha value is -3.22. The van der Waals surface area contributed by atoms with Crippen molar-refractivity contribution in [2.24, 2.45) is 7.05 Å². The SMILES string of the molecule is COc1ccc2c(c1)nc(CNC(=O)Nc1ccc3c(c1)CCCO3)n2C. The Labute approximate surface area is 157 Å². The summed E-state index contributed by atoms with van der Waals surface area (Å²) in [5, 5.41) is 5.73. The zero-order chi connectivity index (χ0) is 18.8. The van der Waals surface area contributed by atoms with Crippen LogP contribution in [0, 0.1) is 0 Å². The van der Waals surface area contributed by atoms with Crippen LogP contribution in [0.25, 0.3) is 11.0 Å². The molecule has 1 aliphatic rings. The van der Waals surface area contributed by atoms with Crippen molar-refractivity contribution in [3.8, 4) is 11.5 Å². The number of rotatable bonds is 4. The molecule has 7 heteroatoms. The standard InChI is InChI=1S/C20H22N4O3/c1-24-17-7-6-15(26-2)11-16(17)23-19(24)12-21-20(25)22-14-5-8-18-13(10-14)4-3-9-27-18/h5-8,10-11H,3-4,9,12H2,1-2H3,(H2,21,22,25). The van der Waals surface area contributed by atoms with Gasteiger partial charge in [0.05, 0.1) is 31.3 Å². The molecule has 0 saturated carbocycles. The summed E-state index contributed by atoms with van der Waals surface area (Å²) in [7, 11) is 3.56. The molecule has 1 aromatic heterocycles. The van der Waals surface area contributed by atoms with E-state index in [2.05, 4.69) is 15.6 Å². The summed E-state index contributed by atoms with van der Waals surface area (Å²) in [6.07, 6.45) is 1.97. The number of hydrogen-bond donors (Lipinski definition) is 2. The highest BCUT2D eigenvalue weighted by molar-refractivity contribution is 5.89. The molecule has 140 valence electrons. The molecule has 7 nitrogen and oxygen atoms in total. The molecule has 27 heavy (non-hydrogen) atoms. The smallest absolute Gasteiger partial charge is 0.319 e. The van der Waals surface area contributed by atoms with E-state index in [9.17, 15) is 4.79 Å². The van der Waals surface area contributed by atoms with E-state index in [0.29, 0.717) is 6.54 Å². The van der Waals surface area contributed by atoms with Gasteiger partial charge < -0.3 is 24.7 Å². The van der Waals surface area contributed by atoms with E-state index in [-0.39, 0.29) is 6.03 Å². The minimum atomic E-state index is -0.267. The molecule has 0 saturated heterocycles. The maximum absolute atomic E-state index is 12.3. The summed E-state index contributed by atoms with van der Waals surface area (Å²) in [5.41, 5.74) is 3.71. The van der Waals surface area contributed by atoms with Gasteiger partial charge in [-0.1, -0.05) is 0 Å². The van der Waals surface area contributed by atoms with Crippen molar-refractivity contribution in [2.75, 3.05) is 19.0 Å². The van der Waals surface area contributed by atoms with Gasteiger partial charge in [0, 0.05) is 18.8 Å². The van der Waals surface area contributed by atoms with Crippen LogP contribution in [0.1, 0.15) is 17.8 Å². The van der Waals surface area contributed by atoms with E-state index >= 15 is 0 Å². The first-order chi connectivity index (χ1) is 13.1. The van der Waals surface area contributed by atoms with Gasteiger partial charge in [-0.2, -0.15) is 0 Å². The summed E-state index contributed by atoms with van der Waals surface area (Å²) in [4.78, 5) is 16.9. The molecular weight excluding hydrogens is 344 g/mol. The monoisotopic (exact) mass is 366 g/mol. The van der Waals surface area contributed by atoms with Crippen molar-refractivity contribution < 1.29 is 14.3 Å². The Bertz CT molecular complexity index is 996. The van der Waals surface area contributed by atoms with Gasteiger partial charge >= 0.3 is 6.03 Å².